The van der Waals surface area contributed by atoms with Crippen molar-refractivity contribution in [3.8, 4) is 0 Å². The lowest BCUT2D eigenvalue weighted by Gasteiger charge is -2.36. The summed E-state index contributed by atoms with van der Waals surface area (Å²) in [7, 11) is -0.993. The van der Waals surface area contributed by atoms with E-state index in [4.69, 9.17) is 0 Å². The zero-order valence-corrected chi connectivity index (χ0v) is 13.6. The van der Waals surface area contributed by atoms with E-state index in [1.54, 1.807) is 0 Å². The maximum absolute atomic E-state index is 12.4. The van der Waals surface area contributed by atoms with E-state index in [0.717, 1.165) is 31.5 Å². The monoisotopic (exact) mass is 312 g/mol. The molecule has 0 radical (unpaired) electrons. The number of aryl methyl sites for hydroxylation is 1. The van der Waals surface area contributed by atoms with Crippen LogP contribution >= 0.6 is 0 Å². The molecule has 0 aliphatic carbocycles. The van der Waals surface area contributed by atoms with Crippen LogP contribution in [0.3, 0.4) is 0 Å². The van der Waals surface area contributed by atoms with Crippen molar-refractivity contribution in [3.05, 3.63) is 24.0 Å². The molecular formula is C15H24N2O3S. The lowest BCUT2D eigenvalue weighted by atomic mass is 9.98. The zero-order chi connectivity index (χ0) is 15.5. The summed E-state index contributed by atoms with van der Waals surface area (Å²) >= 11 is 0. The number of hydrogen-bond acceptors (Lipinski definition) is 3. The van der Waals surface area contributed by atoms with E-state index in [1.807, 2.05) is 24.2 Å². The molecule has 5 nitrogen and oxygen atoms in total. The summed E-state index contributed by atoms with van der Waals surface area (Å²) in [6, 6.07) is 4.19. The molecular weight excluding hydrogens is 288 g/mol. The Morgan fingerprint density at radius 1 is 1.38 bits per heavy atom. The number of nitrogens with zero attached hydrogens (tertiary/aromatic N) is 2. The average molecular weight is 312 g/mol. The van der Waals surface area contributed by atoms with Crippen LogP contribution in [0.5, 0.6) is 0 Å². The van der Waals surface area contributed by atoms with E-state index < -0.39 is 9.84 Å². The second-order valence-corrected chi connectivity index (χ2v) is 8.14. The van der Waals surface area contributed by atoms with Gasteiger partial charge >= 0.3 is 0 Å². The van der Waals surface area contributed by atoms with E-state index in [2.05, 4.69) is 10.6 Å². The molecule has 1 aromatic rings. The van der Waals surface area contributed by atoms with Gasteiger partial charge in [0, 0.05) is 38.2 Å². The maximum Gasteiger partial charge on any atom is 0.223 e. The third-order valence-corrected chi connectivity index (χ3v) is 5.08. The number of aromatic nitrogens is 1. The quantitative estimate of drug-likeness (QED) is 0.834. The Morgan fingerprint density at radius 2 is 2.14 bits per heavy atom. The fourth-order valence-corrected chi connectivity index (χ4v) is 3.66. The molecule has 0 aromatic carbocycles. The number of carbonyl (C=O) groups excluding carboxylic acids is 1. The number of carbonyl (C=O) groups is 1. The first kappa shape index (κ1) is 16.1. The van der Waals surface area contributed by atoms with Crippen molar-refractivity contribution < 1.29 is 13.2 Å². The van der Waals surface area contributed by atoms with Crippen molar-refractivity contribution >= 4 is 15.7 Å². The van der Waals surface area contributed by atoms with Gasteiger partial charge in [0.25, 0.3) is 0 Å². The minimum atomic E-state index is -2.99. The molecule has 0 unspecified atom stereocenters. The number of amides is 1. The number of piperidine rings is 1. The number of hydrogen-bond donors (Lipinski definition) is 0. The van der Waals surface area contributed by atoms with Gasteiger partial charge in [-0.25, -0.2) is 8.42 Å². The number of rotatable bonds is 5. The van der Waals surface area contributed by atoms with Gasteiger partial charge in [0.1, 0.15) is 9.84 Å². The maximum atomic E-state index is 12.4. The summed E-state index contributed by atoms with van der Waals surface area (Å²) in [5.74, 6) is 0.158. The Labute approximate surface area is 126 Å². The van der Waals surface area contributed by atoms with Crippen molar-refractivity contribution in [1.82, 2.24) is 9.47 Å². The van der Waals surface area contributed by atoms with Crippen LogP contribution in [-0.4, -0.2) is 42.3 Å². The van der Waals surface area contributed by atoms with Gasteiger partial charge in [0.05, 0.1) is 11.8 Å². The molecule has 0 N–H and O–H groups in total. The molecule has 2 rings (SSSR count). The first-order valence-corrected chi connectivity index (χ1v) is 9.53. The fraction of sp³-hybridized carbons (Fsp3) is 0.667. The van der Waals surface area contributed by atoms with Crippen molar-refractivity contribution in [1.29, 1.82) is 0 Å². The first-order valence-electron chi connectivity index (χ1n) is 7.47. The van der Waals surface area contributed by atoms with Gasteiger partial charge in [0.2, 0.25) is 5.91 Å². The SMILES string of the molecule is Cn1cccc1[C@@H]1CCCCN1C(=O)CCCS(C)(=O)=O. The molecule has 21 heavy (non-hydrogen) atoms. The second kappa shape index (κ2) is 6.64. The molecule has 1 saturated heterocycles. The Bertz CT molecular complexity index is 592. The fourth-order valence-electron chi connectivity index (χ4n) is 2.99. The molecule has 0 bridgehead atoms. The molecule has 1 aliphatic rings. The van der Waals surface area contributed by atoms with Crippen LogP contribution in [0.15, 0.2) is 18.3 Å². The molecule has 1 aliphatic heterocycles. The van der Waals surface area contributed by atoms with E-state index >= 15 is 0 Å². The Balaban J connectivity index is 2.01. The highest BCUT2D eigenvalue weighted by molar-refractivity contribution is 7.90. The Morgan fingerprint density at radius 3 is 2.76 bits per heavy atom. The normalized spacial score (nSPS) is 19.7. The minimum Gasteiger partial charge on any atom is -0.353 e. The molecule has 1 aromatic heterocycles. The lowest BCUT2D eigenvalue weighted by Crippen LogP contribution is -2.39. The van der Waals surface area contributed by atoms with Gasteiger partial charge in [-0.2, -0.15) is 0 Å². The Hall–Kier alpha value is -1.30. The smallest absolute Gasteiger partial charge is 0.223 e. The lowest BCUT2D eigenvalue weighted by molar-refractivity contribution is -0.135. The van der Waals surface area contributed by atoms with Crippen molar-refractivity contribution in [2.45, 2.75) is 38.1 Å². The summed E-state index contributed by atoms with van der Waals surface area (Å²) in [6.07, 6.45) is 7.07. The van der Waals surface area contributed by atoms with Gasteiger partial charge < -0.3 is 9.47 Å². The highest BCUT2D eigenvalue weighted by atomic mass is 32.2. The summed E-state index contributed by atoms with van der Waals surface area (Å²) in [4.78, 5) is 14.4. The van der Waals surface area contributed by atoms with Gasteiger partial charge in [-0.3, -0.25) is 4.79 Å². The highest BCUT2D eigenvalue weighted by Crippen LogP contribution is 2.31. The number of sulfone groups is 1. The van der Waals surface area contributed by atoms with E-state index in [9.17, 15) is 13.2 Å². The van der Waals surface area contributed by atoms with Crippen LogP contribution in [-0.2, 0) is 21.7 Å². The summed E-state index contributed by atoms with van der Waals surface area (Å²) in [5, 5.41) is 0. The standard InChI is InChI=1S/C15H24N2O3S/c1-16-10-5-8-13(16)14-7-3-4-11-17(14)15(18)9-6-12-21(2,19)20/h5,8,10,14H,3-4,6-7,9,11-12H2,1-2H3/t14-/m0/s1. The van der Waals surface area contributed by atoms with Crippen LogP contribution in [0.2, 0.25) is 0 Å². The zero-order valence-electron chi connectivity index (χ0n) is 12.8. The van der Waals surface area contributed by atoms with Crippen LogP contribution in [0, 0.1) is 0 Å². The van der Waals surface area contributed by atoms with Crippen molar-refractivity contribution in [3.63, 3.8) is 0 Å². The van der Waals surface area contributed by atoms with Crippen molar-refractivity contribution in [2.24, 2.45) is 7.05 Å². The molecule has 0 saturated carbocycles. The Kier molecular flexibility index (Phi) is 5.08. The first-order chi connectivity index (χ1) is 9.88. The molecule has 1 amide bonds. The molecule has 118 valence electrons. The van der Waals surface area contributed by atoms with Crippen LogP contribution in [0.25, 0.3) is 0 Å². The highest BCUT2D eigenvalue weighted by Gasteiger charge is 2.28. The second-order valence-electron chi connectivity index (χ2n) is 5.88. The molecule has 1 fully saturated rings. The molecule has 2 heterocycles. The number of likely N-dealkylation sites (tertiary alicyclic amines) is 1. The predicted molar refractivity (Wildman–Crippen MR) is 82.7 cm³/mol. The molecule has 6 heteroatoms. The van der Waals surface area contributed by atoms with Gasteiger partial charge in [0.15, 0.2) is 0 Å². The van der Waals surface area contributed by atoms with Crippen LogP contribution < -0.4 is 0 Å². The van der Waals surface area contributed by atoms with E-state index in [-0.39, 0.29) is 17.7 Å². The van der Waals surface area contributed by atoms with Gasteiger partial charge in [-0.15, -0.1) is 0 Å². The topological polar surface area (TPSA) is 59.4 Å². The third kappa shape index (κ3) is 4.33. The summed E-state index contributed by atoms with van der Waals surface area (Å²) < 4.78 is 24.4. The predicted octanol–water partition coefficient (Wildman–Crippen LogP) is 1.90. The van der Waals surface area contributed by atoms with Crippen molar-refractivity contribution in [2.75, 3.05) is 18.6 Å². The summed E-state index contributed by atoms with van der Waals surface area (Å²) in [5.41, 5.74) is 1.16. The molecule has 1 atom stereocenters. The molecule has 0 spiro atoms. The van der Waals surface area contributed by atoms with E-state index in [0.29, 0.717) is 12.8 Å². The van der Waals surface area contributed by atoms with Gasteiger partial charge in [-0.05, 0) is 37.8 Å². The van der Waals surface area contributed by atoms with E-state index in [1.165, 1.54) is 6.26 Å². The van der Waals surface area contributed by atoms with Crippen LogP contribution in [0.4, 0.5) is 0 Å². The minimum absolute atomic E-state index is 0.0737. The largest absolute Gasteiger partial charge is 0.353 e. The third-order valence-electron chi connectivity index (χ3n) is 4.05. The average Bonchev–Trinajstić information content (AvgIpc) is 2.83. The summed E-state index contributed by atoms with van der Waals surface area (Å²) in [6.45, 7) is 0.771. The van der Waals surface area contributed by atoms with Gasteiger partial charge in [-0.1, -0.05) is 0 Å². The van der Waals surface area contributed by atoms with Crippen LogP contribution in [0.1, 0.15) is 43.8 Å².